The molecule has 0 unspecified atom stereocenters. The molecule has 9 heteroatoms. The van der Waals surface area contributed by atoms with Gasteiger partial charge in [-0.05, 0) is 31.4 Å². The van der Waals surface area contributed by atoms with Crippen molar-refractivity contribution in [3.8, 4) is 5.69 Å². The third-order valence-corrected chi connectivity index (χ3v) is 7.09. The number of hydrogen-bond acceptors (Lipinski definition) is 6. The zero-order chi connectivity index (χ0) is 18.1. The molecule has 1 N–H and O–H groups in total. The van der Waals surface area contributed by atoms with Gasteiger partial charge in [-0.15, -0.1) is 5.10 Å². The number of thioether (sulfide) groups is 1. The average Bonchev–Trinajstić information content (AvgIpc) is 3.29. The summed E-state index contributed by atoms with van der Waals surface area (Å²) >= 11 is 1.28. The fraction of sp³-hybridized carbons (Fsp3) is 0.471. The van der Waals surface area contributed by atoms with Crippen LogP contribution in [0, 0.1) is 0 Å². The van der Waals surface area contributed by atoms with Crippen LogP contribution >= 0.6 is 11.8 Å². The fourth-order valence-corrected chi connectivity index (χ4v) is 5.35. The first kappa shape index (κ1) is 17.5. The molecule has 2 fully saturated rings. The Hall–Kier alpha value is -1.87. The van der Waals surface area contributed by atoms with Crippen LogP contribution in [0.1, 0.15) is 31.0 Å². The summed E-state index contributed by atoms with van der Waals surface area (Å²) < 4.78 is 24.8. The lowest BCUT2D eigenvalue weighted by Crippen LogP contribution is -2.36. The summed E-state index contributed by atoms with van der Waals surface area (Å²) in [5.41, 5.74) is 0.967. The molecule has 2 aliphatic rings. The highest BCUT2D eigenvalue weighted by Crippen LogP contribution is 2.40. The van der Waals surface area contributed by atoms with E-state index in [2.05, 4.69) is 15.4 Å². The van der Waals surface area contributed by atoms with E-state index in [0.717, 1.165) is 24.4 Å². The van der Waals surface area contributed by atoms with Crippen LogP contribution in [-0.2, 0) is 14.6 Å². The van der Waals surface area contributed by atoms with Gasteiger partial charge < -0.3 is 5.32 Å². The number of nitrogens with one attached hydrogen (secondary N) is 1. The first-order valence-electron chi connectivity index (χ1n) is 8.65. The zero-order valence-electron chi connectivity index (χ0n) is 14.2. The summed E-state index contributed by atoms with van der Waals surface area (Å²) in [7, 11) is -2.99. The Bertz CT molecular complexity index is 907. The van der Waals surface area contributed by atoms with Gasteiger partial charge in [-0.3, -0.25) is 4.79 Å². The highest BCUT2D eigenvalue weighted by Gasteiger charge is 2.31. The molecule has 2 heterocycles. The molecule has 1 aliphatic heterocycles. The second-order valence-corrected chi connectivity index (χ2v) is 9.90. The maximum atomic E-state index is 12.1. The third-order valence-electron chi connectivity index (χ3n) is 4.49. The van der Waals surface area contributed by atoms with Crippen LogP contribution in [-0.4, -0.2) is 52.4 Å². The Morgan fingerprint density at radius 2 is 2.00 bits per heavy atom. The van der Waals surface area contributed by atoms with Crippen molar-refractivity contribution < 1.29 is 13.2 Å². The molecule has 0 spiro atoms. The number of carbonyl (C=O) groups is 1. The molecule has 1 saturated heterocycles. The summed E-state index contributed by atoms with van der Waals surface area (Å²) in [5, 5.41) is 7.93. The molecule has 1 aromatic carbocycles. The van der Waals surface area contributed by atoms with Crippen molar-refractivity contribution in [1.82, 2.24) is 20.1 Å². The van der Waals surface area contributed by atoms with Gasteiger partial charge in [0.05, 0.1) is 22.9 Å². The van der Waals surface area contributed by atoms with Crippen molar-refractivity contribution in [1.29, 1.82) is 0 Å². The molecule has 138 valence electrons. The van der Waals surface area contributed by atoms with Crippen LogP contribution in [0.5, 0.6) is 0 Å². The molecule has 0 bridgehead atoms. The molecule has 4 rings (SSSR count). The van der Waals surface area contributed by atoms with Crippen molar-refractivity contribution in [3.63, 3.8) is 0 Å². The van der Waals surface area contributed by atoms with Crippen molar-refractivity contribution in [2.75, 3.05) is 17.3 Å². The van der Waals surface area contributed by atoms with E-state index in [1.54, 1.807) is 0 Å². The SMILES string of the molecule is O=C(CSc1nc(C2CC2)n(-c2ccccc2)n1)N[C@@H]1CCS(=O)(=O)C1. The number of amides is 1. The number of para-hydroxylation sites is 1. The Morgan fingerprint density at radius 3 is 2.65 bits per heavy atom. The van der Waals surface area contributed by atoms with E-state index in [4.69, 9.17) is 0 Å². The fourth-order valence-electron chi connectivity index (χ4n) is 3.04. The van der Waals surface area contributed by atoms with E-state index in [-0.39, 0.29) is 29.2 Å². The number of hydrogen-bond donors (Lipinski definition) is 1. The van der Waals surface area contributed by atoms with E-state index in [1.165, 1.54) is 11.8 Å². The molecule has 1 aromatic heterocycles. The minimum Gasteiger partial charge on any atom is -0.352 e. The summed E-state index contributed by atoms with van der Waals surface area (Å²) in [5.74, 6) is 1.57. The van der Waals surface area contributed by atoms with E-state index >= 15 is 0 Å². The first-order valence-corrected chi connectivity index (χ1v) is 11.5. The second kappa shape index (κ2) is 7.03. The van der Waals surface area contributed by atoms with Crippen LogP contribution in [0.25, 0.3) is 5.69 Å². The highest BCUT2D eigenvalue weighted by molar-refractivity contribution is 7.99. The first-order chi connectivity index (χ1) is 12.5. The number of rotatable bonds is 6. The Labute approximate surface area is 156 Å². The number of sulfone groups is 1. The number of aromatic nitrogens is 3. The van der Waals surface area contributed by atoms with Crippen LogP contribution < -0.4 is 5.32 Å². The van der Waals surface area contributed by atoms with Gasteiger partial charge in [-0.1, -0.05) is 30.0 Å². The number of benzene rings is 1. The van der Waals surface area contributed by atoms with Gasteiger partial charge in [0.15, 0.2) is 9.84 Å². The molecule has 1 aliphatic carbocycles. The minimum atomic E-state index is -2.99. The zero-order valence-corrected chi connectivity index (χ0v) is 15.8. The Balaban J connectivity index is 1.40. The monoisotopic (exact) mass is 392 g/mol. The van der Waals surface area contributed by atoms with E-state index in [0.29, 0.717) is 17.5 Å². The maximum Gasteiger partial charge on any atom is 0.230 e. The summed E-state index contributed by atoms with van der Waals surface area (Å²) in [6.45, 7) is 0. The van der Waals surface area contributed by atoms with Crippen LogP contribution in [0.4, 0.5) is 0 Å². The lowest BCUT2D eigenvalue weighted by molar-refractivity contribution is -0.119. The summed E-state index contributed by atoms with van der Waals surface area (Å²) in [6, 6.07) is 9.59. The summed E-state index contributed by atoms with van der Waals surface area (Å²) in [6.07, 6.45) is 2.73. The van der Waals surface area contributed by atoms with Gasteiger partial charge in [0.1, 0.15) is 5.82 Å². The second-order valence-electron chi connectivity index (χ2n) is 6.73. The average molecular weight is 393 g/mol. The van der Waals surface area contributed by atoms with Crippen LogP contribution in [0.2, 0.25) is 0 Å². The smallest absolute Gasteiger partial charge is 0.230 e. The molecular formula is C17H20N4O3S2. The quantitative estimate of drug-likeness (QED) is 0.750. The predicted molar refractivity (Wildman–Crippen MR) is 99.3 cm³/mol. The van der Waals surface area contributed by atoms with Gasteiger partial charge in [0.25, 0.3) is 0 Å². The standard InChI is InChI=1S/C17H20N4O3S2/c22-15(18-13-8-9-26(23,24)11-13)10-25-17-19-16(12-6-7-12)21(20-17)14-4-2-1-3-5-14/h1-5,12-13H,6-11H2,(H,18,22)/t13-/m1/s1. The molecular weight excluding hydrogens is 372 g/mol. The molecule has 2 aromatic rings. The predicted octanol–water partition coefficient (Wildman–Crippen LogP) is 1.54. The highest BCUT2D eigenvalue weighted by atomic mass is 32.2. The van der Waals surface area contributed by atoms with E-state index in [1.807, 2.05) is 35.0 Å². The van der Waals surface area contributed by atoms with Crippen LogP contribution in [0.15, 0.2) is 35.5 Å². The molecule has 1 atom stereocenters. The Morgan fingerprint density at radius 1 is 1.23 bits per heavy atom. The van der Waals surface area contributed by atoms with Crippen LogP contribution in [0.3, 0.4) is 0 Å². The van der Waals surface area contributed by atoms with Crippen molar-refractivity contribution in [3.05, 3.63) is 36.2 Å². The molecule has 1 saturated carbocycles. The molecule has 0 radical (unpaired) electrons. The van der Waals surface area contributed by atoms with Crippen molar-refractivity contribution in [2.24, 2.45) is 0 Å². The minimum absolute atomic E-state index is 0.0378. The molecule has 7 nitrogen and oxygen atoms in total. The van der Waals surface area contributed by atoms with Gasteiger partial charge in [0.2, 0.25) is 11.1 Å². The number of carbonyl (C=O) groups excluding carboxylic acids is 1. The largest absolute Gasteiger partial charge is 0.352 e. The summed E-state index contributed by atoms with van der Waals surface area (Å²) in [4.78, 5) is 16.7. The van der Waals surface area contributed by atoms with E-state index < -0.39 is 9.84 Å². The Kier molecular flexibility index (Phi) is 4.74. The third kappa shape index (κ3) is 4.09. The van der Waals surface area contributed by atoms with Gasteiger partial charge in [-0.25, -0.2) is 18.1 Å². The van der Waals surface area contributed by atoms with Gasteiger partial charge in [-0.2, -0.15) is 0 Å². The molecule has 1 amide bonds. The maximum absolute atomic E-state index is 12.1. The van der Waals surface area contributed by atoms with Gasteiger partial charge >= 0.3 is 0 Å². The normalized spacial score (nSPS) is 21.6. The number of nitrogens with zero attached hydrogens (tertiary/aromatic N) is 3. The van der Waals surface area contributed by atoms with Crippen molar-refractivity contribution >= 4 is 27.5 Å². The lowest BCUT2D eigenvalue weighted by atomic mass is 10.3. The lowest BCUT2D eigenvalue weighted by Gasteiger charge is -2.09. The topological polar surface area (TPSA) is 93.9 Å². The van der Waals surface area contributed by atoms with Crippen molar-refractivity contribution in [2.45, 2.75) is 36.4 Å². The molecule has 26 heavy (non-hydrogen) atoms. The van der Waals surface area contributed by atoms with E-state index in [9.17, 15) is 13.2 Å². The van der Waals surface area contributed by atoms with Gasteiger partial charge in [0, 0.05) is 12.0 Å².